The molecular weight excluding hydrogens is 615 g/mol. The molecular formula is C50H37N. The minimum Gasteiger partial charge on any atom is -0.296 e. The molecule has 0 amide bonds. The predicted molar refractivity (Wildman–Crippen MR) is 218 cm³/mol. The van der Waals surface area contributed by atoms with Crippen molar-refractivity contribution in [2.45, 2.75) is 6.54 Å². The zero-order valence-corrected chi connectivity index (χ0v) is 28.4. The molecule has 0 saturated heterocycles. The van der Waals surface area contributed by atoms with Gasteiger partial charge in [0.05, 0.1) is 6.54 Å². The maximum absolute atomic E-state index is 4.23. The molecule has 8 rings (SSSR count). The van der Waals surface area contributed by atoms with Crippen LogP contribution in [0.5, 0.6) is 0 Å². The van der Waals surface area contributed by atoms with Crippen molar-refractivity contribution < 1.29 is 0 Å². The quantitative estimate of drug-likeness (QED) is 0.138. The van der Waals surface area contributed by atoms with Crippen molar-refractivity contribution in [3.05, 3.63) is 206 Å². The maximum atomic E-state index is 4.23. The van der Waals surface area contributed by atoms with Crippen molar-refractivity contribution in [3.63, 3.8) is 0 Å². The predicted octanol–water partition coefficient (Wildman–Crippen LogP) is 13.6. The zero-order valence-electron chi connectivity index (χ0n) is 28.4. The van der Waals surface area contributed by atoms with Crippen LogP contribution < -0.4 is 0 Å². The summed E-state index contributed by atoms with van der Waals surface area (Å²) >= 11 is 0. The van der Waals surface area contributed by atoms with E-state index in [-0.39, 0.29) is 0 Å². The van der Waals surface area contributed by atoms with Gasteiger partial charge in [-0.25, -0.2) is 0 Å². The van der Waals surface area contributed by atoms with Crippen LogP contribution in [-0.4, -0.2) is 6.72 Å². The van der Waals surface area contributed by atoms with Gasteiger partial charge in [0, 0.05) is 0 Å². The molecule has 0 spiro atoms. The van der Waals surface area contributed by atoms with Crippen LogP contribution >= 0.6 is 0 Å². The fourth-order valence-electron chi connectivity index (χ4n) is 6.83. The summed E-state index contributed by atoms with van der Waals surface area (Å²) in [7, 11) is 0. The molecule has 1 heteroatoms. The van der Waals surface area contributed by atoms with Gasteiger partial charge in [0.2, 0.25) is 0 Å². The average Bonchev–Trinajstić information content (AvgIpc) is 3.22. The summed E-state index contributed by atoms with van der Waals surface area (Å²) in [6.45, 7) is 4.35. The number of hydrogen-bond acceptors (Lipinski definition) is 1. The molecule has 0 aliphatic carbocycles. The van der Waals surface area contributed by atoms with Crippen LogP contribution in [0.2, 0.25) is 0 Å². The van der Waals surface area contributed by atoms with Gasteiger partial charge in [-0.3, -0.25) is 4.99 Å². The van der Waals surface area contributed by atoms with Gasteiger partial charge in [-0.05, 0) is 121 Å². The third kappa shape index (κ3) is 7.11. The molecule has 8 aromatic carbocycles. The molecule has 0 fully saturated rings. The highest BCUT2D eigenvalue weighted by Crippen LogP contribution is 2.34. The highest BCUT2D eigenvalue weighted by atomic mass is 14.7. The Morgan fingerprint density at radius 1 is 0.255 bits per heavy atom. The van der Waals surface area contributed by atoms with Gasteiger partial charge >= 0.3 is 0 Å². The Balaban J connectivity index is 1.05. The molecule has 242 valence electrons. The fourth-order valence-corrected chi connectivity index (χ4v) is 6.83. The van der Waals surface area contributed by atoms with Crippen molar-refractivity contribution >= 4 is 6.72 Å². The Bertz CT molecular complexity index is 2410. The van der Waals surface area contributed by atoms with Crippen molar-refractivity contribution in [2.24, 2.45) is 4.99 Å². The summed E-state index contributed by atoms with van der Waals surface area (Å²) in [5.74, 6) is 0. The van der Waals surface area contributed by atoms with E-state index >= 15 is 0 Å². The van der Waals surface area contributed by atoms with E-state index in [9.17, 15) is 0 Å². The monoisotopic (exact) mass is 651 g/mol. The first kappa shape index (κ1) is 31.7. The first-order valence-corrected chi connectivity index (χ1v) is 17.4. The topological polar surface area (TPSA) is 12.4 Å². The molecule has 0 aliphatic heterocycles. The summed E-state index contributed by atoms with van der Waals surface area (Å²) in [6, 6.07) is 72.0. The van der Waals surface area contributed by atoms with Gasteiger partial charge in [-0.15, -0.1) is 0 Å². The van der Waals surface area contributed by atoms with E-state index < -0.39 is 0 Å². The molecule has 51 heavy (non-hydrogen) atoms. The largest absolute Gasteiger partial charge is 0.296 e. The Morgan fingerprint density at radius 3 is 0.882 bits per heavy atom. The summed E-state index contributed by atoms with van der Waals surface area (Å²) in [6.07, 6.45) is 0. The number of aliphatic imine (C=N–C) groups is 1. The zero-order chi connectivity index (χ0) is 34.4. The van der Waals surface area contributed by atoms with E-state index in [1.807, 2.05) is 0 Å². The highest BCUT2D eigenvalue weighted by molar-refractivity contribution is 5.81. The third-order valence-corrected chi connectivity index (χ3v) is 9.55. The minimum absolute atomic E-state index is 0.568. The van der Waals surface area contributed by atoms with E-state index in [4.69, 9.17) is 0 Å². The van der Waals surface area contributed by atoms with E-state index in [2.05, 4.69) is 212 Å². The van der Waals surface area contributed by atoms with Crippen LogP contribution in [-0.2, 0) is 6.54 Å². The van der Waals surface area contributed by atoms with Gasteiger partial charge in [-0.2, -0.15) is 0 Å². The second-order valence-corrected chi connectivity index (χ2v) is 12.9. The van der Waals surface area contributed by atoms with Crippen molar-refractivity contribution in [3.8, 4) is 77.9 Å². The molecule has 0 aliphatic rings. The highest BCUT2D eigenvalue weighted by Gasteiger charge is 2.09. The molecule has 0 atom stereocenters. The third-order valence-electron chi connectivity index (χ3n) is 9.55. The average molecular weight is 652 g/mol. The molecule has 0 heterocycles. The SMILES string of the molecule is C=NCc1cc(-c2ccc(-c3cccc(-c4ccc(-c5ccccc5)cc4)c3)cc2)cc(-c2cccc(-c3ccc(-c4ccccc4)cc3)c2)c1. The van der Waals surface area contributed by atoms with Crippen molar-refractivity contribution in [1.29, 1.82) is 0 Å². The van der Waals surface area contributed by atoms with Gasteiger partial charge in [0.25, 0.3) is 0 Å². The molecule has 1 nitrogen and oxygen atoms in total. The Hall–Kier alpha value is -6.57. The Labute approximate surface area is 300 Å². The molecule has 0 radical (unpaired) electrons. The number of hydrogen-bond donors (Lipinski definition) is 0. The molecule has 0 saturated carbocycles. The fraction of sp³-hybridized carbons (Fsp3) is 0.0200. The lowest BCUT2D eigenvalue weighted by molar-refractivity contribution is 1.08. The first-order valence-electron chi connectivity index (χ1n) is 17.4. The maximum Gasteiger partial charge on any atom is 0.0632 e. The molecule has 0 N–H and O–H groups in total. The summed E-state index contributed by atoms with van der Waals surface area (Å²) in [5, 5.41) is 0. The summed E-state index contributed by atoms with van der Waals surface area (Å²) in [5.41, 5.74) is 17.9. The van der Waals surface area contributed by atoms with E-state index in [0.29, 0.717) is 6.54 Å². The van der Waals surface area contributed by atoms with Crippen LogP contribution in [0.1, 0.15) is 5.56 Å². The van der Waals surface area contributed by atoms with Crippen LogP contribution in [0, 0.1) is 0 Å². The Morgan fingerprint density at radius 2 is 0.510 bits per heavy atom. The molecule has 0 aromatic heterocycles. The van der Waals surface area contributed by atoms with Gasteiger partial charge in [0.15, 0.2) is 0 Å². The van der Waals surface area contributed by atoms with Crippen LogP contribution in [0.3, 0.4) is 0 Å². The van der Waals surface area contributed by atoms with E-state index in [1.54, 1.807) is 0 Å². The summed E-state index contributed by atoms with van der Waals surface area (Å²) < 4.78 is 0. The van der Waals surface area contributed by atoms with Crippen molar-refractivity contribution in [2.75, 3.05) is 0 Å². The van der Waals surface area contributed by atoms with E-state index in [1.165, 1.54) is 77.9 Å². The van der Waals surface area contributed by atoms with Crippen LogP contribution in [0.4, 0.5) is 0 Å². The minimum atomic E-state index is 0.568. The lowest BCUT2D eigenvalue weighted by Gasteiger charge is -2.12. The number of rotatable bonds is 9. The second kappa shape index (κ2) is 14.5. The second-order valence-electron chi connectivity index (χ2n) is 12.9. The number of benzene rings is 8. The molecule has 8 aromatic rings. The van der Waals surface area contributed by atoms with Gasteiger partial charge < -0.3 is 0 Å². The molecule has 0 bridgehead atoms. The van der Waals surface area contributed by atoms with Crippen LogP contribution in [0.15, 0.2) is 205 Å². The summed E-state index contributed by atoms with van der Waals surface area (Å²) in [4.78, 5) is 4.23. The van der Waals surface area contributed by atoms with Gasteiger partial charge in [0.1, 0.15) is 0 Å². The lowest BCUT2D eigenvalue weighted by atomic mass is 9.92. The van der Waals surface area contributed by atoms with Gasteiger partial charge in [-0.1, -0.05) is 170 Å². The van der Waals surface area contributed by atoms with Crippen molar-refractivity contribution in [1.82, 2.24) is 0 Å². The normalized spacial score (nSPS) is 10.9. The van der Waals surface area contributed by atoms with Crippen LogP contribution in [0.25, 0.3) is 77.9 Å². The first-order chi connectivity index (χ1) is 25.2. The standard InChI is InChI=1S/C50H37N/c1-51-35-36-30-49(34-50(31-36)48-17-9-16-47(33-48)42-24-20-40(21-25-42)38-12-6-3-7-13-38)44-28-26-43(27-29-44)46-15-8-14-45(32-46)41-22-18-39(19-23-41)37-10-4-2-5-11-37/h2-34H,1,35H2. The smallest absolute Gasteiger partial charge is 0.0632 e. The lowest BCUT2D eigenvalue weighted by Crippen LogP contribution is -1.89. The number of nitrogens with zero attached hydrogens (tertiary/aromatic N) is 1. The van der Waals surface area contributed by atoms with E-state index in [0.717, 1.165) is 5.56 Å². The Kier molecular flexibility index (Phi) is 9.01. The molecule has 0 unspecified atom stereocenters.